The predicted molar refractivity (Wildman–Crippen MR) is 97.1 cm³/mol. The van der Waals surface area contributed by atoms with E-state index in [0.29, 0.717) is 0 Å². The molecule has 2 rings (SSSR count). The van der Waals surface area contributed by atoms with Crippen molar-refractivity contribution in [2.24, 2.45) is 5.92 Å². The van der Waals surface area contributed by atoms with Gasteiger partial charge >= 0.3 is 11.8 Å². The number of terminal acetylenes is 1. The summed E-state index contributed by atoms with van der Waals surface area (Å²) in [5.41, 5.74) is -0.688. The van der Waals surface area contributed by atoms with Crippen LogP contribution in [0.25, 0.3) is 0 Å². The number of aliphatic hydroxyl groups excluding tert-OH is 2. The molecular formula is C18H25N3O6. The molecule has 3 N–H and O–H groups in total. The SMILES string of the molecule is C#Cc1cn([C@@H]2O[C@H](C)[C@@H](O)[C@H]2O)c(=O)nc1NC(=O)OCC(C)CCC. The average Bonchev–Trinajstić information content (AvgIpc) is 2.88. The lowest BCUT2D eigenvalue weighted by molar-refractivity contribution is -0.0350. The van der Waals surface area contributed by atoms with Crippen LogP contribution in [0.5, 0.6) is 0 Å². The zero-order chi connectivity index (χ0) is 20.1. The molecule has 1 aromatic heterocycles. The lowest BCUT2D eigenvalue weighted by Crippen LogP contribution is -2.36. The monoisotopic (exact) mass is 379 g/mol. The topological polar surface area (TPSA) is 123 Å². The van der Waals surface area contributed by atoms with E-state index in [1.165, 1.54) is 6.20 Å². The van der Waals surface area contributed by atoms with Gasteiger partial charge in [0, 0.05) is 6.20 Å². The first-order valence-corrected chi connectivity index (χ1v) is 8.83. The van der Waals surface area contributed by atoms with Crippen LogP contribution in [0.4, 0.5) is 10.6 Å². The number of rotatable bonds is 6. The number of aliphatic hydroxyl groups is 2. The molecule has 1 amide bonds. The first kappa shape index (κ1) is 20.9. The number of ether oxygens (including phenoxy) is 2. The van der Waals surface area contributed by atoms with Crippen molar-refractivity contribution in [3.05, 3.63) is 22.2 Å². The van der Waals surface area contributed by atoms with E-state index in [-0.39, 0.29) is 23.9 Å². The summed E-state index contributed by atoms with van der Waals surface area (Å²) in [6, 6.07) is 0. The average molecular weight is 379 g/mol. The fraction of sp³-hybridized carbons (Fsp3) is 0.611. The Labute approximate surface area is 157 Å². The number of nitrogens with one attached hydrogen (secondary N) is 1. The maximum absolute atomic E-state index is 12.3. The lowest BCUT2D eigenvalue weighted by Gasteiger charge is -2.18. The maximum Gasteiger partial charge on any atom is 0.412 e. The number of amides is 1. The van der Waals surface area contributed by atoms with Crippen LogP contribution >= 0.6 is 0 Å². The van der Waals surface area contributed by atoms with Crippen LogP contribution in [0.1, 0.15) is 45.4 Å². The van der Waals surface area contributed by atoms with Crippen molar-refractivity contribution < 1.29 is 24.5 Å². The number of carbonyl (C=O) groups is 1. The van der Waals surface area contributed by atoms with Crippen LogP contribution in [0.3, 0.4) is 0 Å². The minimum Gasteiger partial charge on any atom is -0.449 e. The summed E-state index contributed by atoms with van der Waals surface area (Å²) in [4.78, 5) is 28.0. The molecule has 0 saturated carbocycles. The Morgan fingerprint density at radius 2 is 2.22 bits per heavy atom. The molecule has 0 spiro atoms. The Hall–Kier alpha value is -2.41. The molecule has 1 aliphatic heterocycles. The lowest BCUT2D eigenvalue weighted by atomic mass is 10.1. The molecule has 0 bridgehead atoms. The second-order valence-electron chi connectivity index (χ2n) is 6.67. The number of hydrogen-bond donors (Lipinski definition) is 3. The van der Waals surface area contributed by atoms with Gasteiger partial charge in [-0.15, -0.1) is 6.42 Å². The molecule has 1 fully saturated rings. The minimum atomic E-state index is -1.31. The van der Waals surface area contributed by atoms with Crippen LogP contribution in [0.15, 0.2) is 11.0 Å². The van der Waals surface area contributed by atoms with Gasteiger partial charge in [0.15, 0.2) is 12.0 Å². The van der Waals surface area contributed by atoms with E-state index in [2.05, 4.69) is 16.2 Å². The molecule has 9 nitrogen and oxygen atoms in total. The van der Waals surface area contributed by atoms with Gasteiger partial charge in [0.1, 0.15) is 12.2 Å². The van der Waals surface area contributed by atoms with E-state index in [1.54, 1.807) is 6.92 Å². The summed E-state index contributed by atoms with van der Waals surface area (Å²) < 4.78 is 11.5. The highest BCUT2D eigenvalue weighted by Gasteiger charge is 2.42. The summed E-state index contributed by atoms with van der Waals surface area (Å²) >= 11 is 0. The zero-order valence-corrected chi connectivity index (χ0v) is 15.6. The van der Waals surface area contributed by atoms with Crippen molar-refractivity contribution in [3.8, 4) is 12.3 Å². The molecule has 9 heteroatoms. The summed E-state index contributed by atoms with van der Waals surface area (Å²) in [7, 11) is 0. The molecule has 1 aromatic rings. The van der Waals surface area contributed by atoms with Gasteiger partial charge in [0.2, 0.25) is 0 Å². The van der Waals surface area contributed by atoms with E-state index in [4.69, 9.17) is 15.9 Å². The molecule has 1 unspecified atom stereocenters. The summed E-state index contributed by atoms with van der Waals surface area (Å²) in [5.74, 6) is 2.42. The highest BCUT2D eigenvalue weighted by molar-refractivity contribution is 5.84. The number of carbonyl (C=O) groups excluding carboxylic acids is 1. The van der Waals surface area contributed by atoms with Gasteiger partial charge in [0.25, 0.3) is 0 Å². The van der Waals surface area contributed by atoms with E-state index in [0.717, 1.165) is 17.4 Å². The van der Waals surface area contributed by atoms with E-state index in [1.807, 2.05) is 13.8 Å². The smallest absolute Gasteiger partial charge is 0.412 e. The zero-order valence-electron chi connectivity index (χ0n) is 15.6. The largest absolute Gasteiger partial charge is 0.449 e. The molecule has 1 aliphatic rings. The molecule has 2 heterocycles. The van der Waals surface area contributed by atoms with Crippen molar-refractivity contribution >= 4 is 11.9 Å². The van der Waals surface area contributed by atoms with Gasteiger partial charge < -0.3 is 19.7 Å². The predicted octanol–water partition coefficient (Wildman–Crippen LogP) is 0.848. The van der Waals surface area contributed by atoms with Crippen molar-refractivity contribution in [1.82, 2.24) is 9.55 Å². The number of aromatic nitrogens is 2. The van der Waals surface area contributed by atoms with Crippen LogP contribution in [0, 0.1) is 18.3 Å². The highest BCUT2D eigenvalue weighted by atomic mass is 16.6. The van der Waals surface area contributed by atoms with Crippen molar-refractivity contribution in [2.45, 2.75) is 58.2 Å². The van der Waals surface area contributed by atoms with Gasteiger partial charge in [-0.1, -0.05) is 26.2 Å². The third-order valence-corrected chi connectivity index (χ3v) is 4.36. The Kier molecular flexibility index (Phi) is 6.96. The van der Waals surface area contributed by atoms with Crippen LogP contribution in [-0.2, 0) is 9.47 Å². The molecule has 27 heavy (non-hydrogen) atoms. The normalized spacial score (nSPS) is 25.6. The molecule has 148 valence electrons. The number of nitrogens with zero attached hydrogens (tertiary/aromatic N) is 2. The van der Waals surface area contributed by atoms with Crippen LogP contribution < -0.4 is 11.0 Å². The first-order valence-electron chi connectivity index (χ1n) is 8.83. The number of hydrogen-bond acceptors (Lipinski definition) is 7. The Morgan fingerprint density at radius 3 is 2.78 bits per heavy atom. The Bertz CT molecular complexity index is 771. The molecule has 0 aromatic carbocycles. The summed E-state index contributed by atoms with van der Waals surface area (Å²) in [6.45, 7) is 5.81. The van der Waals surface area contributed by atoms with Gasteiger partial charge in [-0.25, -0.2) is 9.59 Å². The molecule has 1 saturated heterocycles. The first-order chi connectivity index (χ1) is 12.8. The van der Waals surface area contributed by atoms with Crippen molar-refractivity contribution in [1.29, 1.82) is 0 Å². The maximum atomic E-state index is 12.3. The van der Waals surface area contributed by atoms with E-state index in [9.17, 15) is 19.8 Å². The molecule has 0 radical (unpaired) electrons. The second kappa shape index (κ2) is 8.99. The number of anilines is 1. The summed E-state index contributed by atoms with van der Waals surface area (Å²) in [6.07, 6.45) is 3.58. The fourth-order valence-corrected chi connectivity index (χ4v) is 2.84. The quantitative estimate of drug-likeness (QED) is 0.626. The van der Waals surface area contributed by atoms with Crippen molar-refractivity contribution in [3.63, 3.8) is 0 Å². The minimum absolute atomic E-state index is 0.109. The Balaban J connectivity index is 2.16. The standard InChI is InChI=1S/C18H25N3O6/c1-5-7-10(3)9-26-18(25)20-15-12(6-2)8-21(17(24)19-15)16-14(23)13(22)11(4)27-16/h2,8,10-11,13-14,16,22-23H,5,7,9H2,1,3-4H3,(H,19,20,24,25)/t10?,11-,13-,14-,16-/m1/s1. The van der Waals surface area contributed by atoms with E-state index < -0.39 is 36.3 Å². The second-order valence-corrected chi connectivity index (χ2v) is 6.67. The molecule has 5 atom stereocenters. The van der Waals surface area contributed by atoms with Gasteiger partial charge in [-0.3, -0.25) is 9.88 Å². The Morgan fingerprint density at radius 1 is 1.52 bits per heavy atom. The van der Waals surface area contributed by atoms with Gasteiger partial charge in [-0.2, -0.15) is 4.98 Å². The van der Waals surface area contributed by atoms with Crippen LogP contribution in [-0.4, -0.2) is 50.8 Å². The van der Waals surface area contributed by atoms with E-state index >= 15 is 0 Å². The fourth-order valence-electron chi connectivity index (χ4n) is 2.84. The highest BCUT2D eigenvalue weighted by Crippen LogP contribution is 2.28. The van der Waals surface area contributed by atoms with Crippen molar-refractivity contribution in [2.75, 3.05) is 11.9 Å². The molecular weight excluding hydrogens is 354 g/mol. The van der Waals surface area contributed by atoms with Gasteiger partial charge in [-0.05, 0) is 19.3 Å². The van der Waals surface area contributed by atoms with Gasteiger partial charge in [0.05, 0.1) is 18.3 Å². The third kappa shape index (κ3) is 4.86. The van der Waals surface area contributed by atoms with Crippen LogP contribution in [0.2, 0.25) is 0 Å². The molecule has 0 aliphatic carbocycles. The summed E-state index contributed by atoms with van der Waals surface area (Å²) in [5, 5.41) is 22.2. The third-order valence-electron chi connectivity index (χ3n) is 4.36.